The summed E-state index contributed by atoms with van der Waals surface area (Å²) >= 11 is 0. The van der Waals surface area contributed by atoms with Crippen LogP contribution in [0, 0.1) is 50.4 Å². The minimum Gasteiger partial charge on any atom is -0.664 e. The Labute approximate surface area is 367 Å². The van der Waals surface area contributed by atoms with Crippen LogP contribution in [-0.2, 0) is 31.9 Å². The number of hydrogen-bond acceptors (Lipinski definition) is 5. The number of rotatable bonds is 16. The van der Waals surface area contributed by atoms with E-state index in [1.165, 1.54) is 32.8 Å². The van der Waals surface area contributed by atoms with Gasteiger partial charge in [-0.15, -0.1) is 33.5 Å². The molecule has 0 aromatic carbocycles. The van der Waals surface area contributed by atoms with Crippen molar-refractivity contribution >= 4 is 64.6 Å². The van der Waals surface area contributed by atoms with Crippen LogP contribution in [0.25, 0.3) is 29.1 Å². The summed E-state index contributed by atoms with van der Waals surface area (Å²) in [6, 6.07) is 0. The van der Waals surface area contributed by atoms with Gasteiger partial charge in [0.05, 0.1) is 7.11 Å². The predicted molar refractivity (Wildman–Crippen MR) is 236 cm³/mol. The number of carbonyl (C=O) groups is 3. The monoisotopic (exact) mass is 810 g/mol. The molecule has 4 atom stereocenters. The number of esters is 2. The van der Waals surface area contributed by atoms with E-state index < -0.39 is 11.9 Å². The first kappa shape index (κ1) is 46.0. The van der Waals surface area contributed by atoms with Crippen LogP contribution >= 0.6 is 0 Å². The summed E-state index contributed by atoms with van der Waals surface area (Å²) in [6.45, 7) is 19.5. The summed E-state index contributed by atoms with van der Waals surface area (Å²) in [5.41, 5.74) is 10.2. The van der Waals surface area contributed by atoms with Crippen molar-refractivity contribution in [2.24, 2.45) is 29.6 Å². The Kier molecular flexibility index (Phi) is 15.6. The summed E-state index contributed by atoms with van der Waals surface area (Å²) in [5.74, 6) is -1.45. The summed E-state index contributed by atoms with van der Waals surface area (Å²) in [4.78, 5) is 56.4. The van der Waals surface area contributed by atoms with E-state index in [2.05, 4.69) is 67.5 Å². The van der Waals surface area contributed by atoms with E-state index in [1.54, 1.807) is 0 Å². The van der Waals surface area contributed by atoms with E-state index in [1.807, 2.05) is 25.2 Å². The van der Waals surface area contributed by atoms with Crippen molar-refractivity contribution in [1.82, 2.24) is 15.0 Å². The number of hydrogen-bond donors (Lipinski definition) is 0. The van der Waals surface area contributed by atoms with E-state index in [0.29, 0.717) is 40.2 Å². The number of allylic oxidation sites excluding steroid dienone is 3. The summed E-state index contributed by atoms with van der Waals surface area (Å²) < 4.78 is 10.9. The van der Waals surface area contributed by atoms with E-state index in [9.17, 15) is 14.4 Å². The Morgan fingerprint density at radius 2 is 1.53 bits per heavy atom. The van der Waals surface area contributed by atoms with Crippen molar-refractivity contribution in [1.29, 1.82) is 0 Å². The molecular weight excluding hydrogens is 749 g/mol. The summed E-state index contributed by atoms with van der Waals surface area (Å²) in [5, 5.41) is 6.90. The first-order valence-electron chi connectivity index (χ1n) is 21.6. The van der Waals surface area contributed by atoms with Crippen LogP contribution in [0.3, 0.4) is 0 Å². The van der Waals surface area contributed by atoms with Crippen molar-refractivity contribution < 1.29 is 23.9 Å². The van der Waals surface area contributed by atoms with Crippen LogP contribution in [0.15, 0.2) is 23.5 Å². The molecule has 9 nitrogen and oxygen atoms in total. The Morgan fingerprint density at radius 3 is 2.22 bits per heavy atom. The fourth-order valence-corrected chi connectivity index (χ4v) is 9.15. The molecule has 0 unspecified atom stereocenters. The van der Waals surface area contributed by atoms with Crippen molar-refractivity contribution in [3.8, 4) is 0 Å². The Balaban J connectivity index is 0.00000661. The normalized spacial score (nSPS) is 22.0. The third-order valence-electron chi connectivity index (χ3n) is 12.7. The van der Waals surface area contributed by atoms with E-state index in [0.717, 1.165) is 87.6 Å². The van der Waals surface area contributed by atoms with Crippen LogP contribution < -0.4 is 25.7 Å². The maximum absolute atomic E-state index is 14.3. The topological polar surface area (TPSA) is 126 Å². The maximum Gasteiger partial charge on any atom is 2.00 e. The van der Waals surface area contributed by atoms with Crippen LogP contribution in [0.2, 0.25) is 0 Å². The summed E-state index contributed by atoms with van der Waals surface area (Å²) in [7, 11) is 1.30. The number of methoxy groups -OCH3 is 1. The molecule has 10 heteroatoms. The molecule has 3 aromatic heterocycles. The van der Waals surface area contributed by atoms with Gasteiger partial charge in [0.2, 0.25) is 0 Å². The SMILES string of the molecule is CCc1c2[n-]c(c1C)/C=C1\[N-]/C(=C3\c4[n-]c(c(C)c4C(=O)[C@@H]3C(=O)OC)/C=c3\[n-]/c(c(C)c3CC)=C\2)[C@@H](CCC(=O)OC/C=C/CCC[C@H](C)CCCC(C)C)[C@@H]1C.[Mg+2]. The average Bonchev–Trinajstić information content (AvgIpc) is 3.93. The molecule has 312 valence electrons. The van der Waals surface area contributed by atoms with Crippen LogP contribution in [0.5, 0.6) is 0 Å². The number of unbranched alkanes of at least 4 members (excludes halogenated alkanes) is 1. The van der Waals surface area contributed by atoms with Crippen molar-refractivity contribution in [2.45, 2.75) is 127 Å². The summed E-state index contributed by atoms with van der Waals surface area (Å²) in [6.07, 6.45) is 19.4. The fraction of sp³-hybridized carbons (Fsp3) is 0.531. The number of carbonyl (C=O) groups excluding carboxylic acids is 3. The molecule has 0 amide bonds. The van der Waals surface area contributed by atoms with Crippen LogP contribution in [0.4, 0.5) is 0 Å². The van der Waals surface area contributed by atoms with Gasteiger partial charge in [-0.2, -0.15) is 11.4 Å². The Hall–Kier alpha value is -4.02. The molecule has 0 N–H and O–H groups in total. The van der Waals surface area contributed by atoms with Gasteiger partial charge in [0.15, 0.2) is 5.78 Å². The van der Waals surface area contributed by atoms with E-state index in [4.69, 9.17) is 29.7 Å². The van der Waals surface area contributed by atoms with Crippen LogP contribution in [0.1, 0.15) is 154 Å². The zero-order valence-corrected chi connectivity index (χ0v) is 38.5. The quantitative estimate of drug-likeness (QED) is 0.0468. The second-order valence-corrected chi connectivity index (χ2v) is 17.1. The molecule has 1 fully saturated rings. The number of ketones is 1. The molecule has 0 spiro atoms. The van der Waals surface area contributed by atoms with Gasteiger partial charge in [0.25, 0.3) is 0 Å². The standard InChI is InChI=1S/C49H63N4O5.Mg/c1-11-33-29(6)36-24-38-31(8)35(21-22-42(54)58-23-16-14-13-15-19-28(5)20-17-18-27(3)4)46(52-38)44-45(49(56)57-10)48(55)43-32(9)39(53-47(43)44)26-41-34(12-2)30(7)37(51-41)25-40(33)50-36;/h14,16,24-28,31,35,45H,11-13,15,17-23H2,1-10H3,(H-,52,53,55);/q-3;+2/p-1/b16-14+,37-25-,38-24-,41-26-;/t28-,31-,35-,45+;/m0./s1. The number of fused-ring (bicyclic) bond motifs is 7. The Morgan fingerprint density at radius 1 is 0.831 bits per heavy atom. The minimum absolute atomic E-state index is 0. The van der Waals surface area contributed by atoms with E-state index in [-0.39, 0.29) is 59.7 Å². The van der Waals surface area contributed by atoms with Gasteiger partial charge in [0.1, 0.15) is 12.5 Å². The molecular formula is C49H62MgN4O5-2. The first-order valence-corrected chi connectivity index (χ1v) is 21.6. The zero-order chi connectivity index (χ0) is 41.8. The average molecular weight is 811 g/mol. The van der Waals surface area contributed by atoms with Gasteiger partial charge in [-0.3, -0.25) is 14.4 Å². The molecule has 6 rings (SSSR count). The maximum atomic E-state index is 14.3. The molecule has 59 heavy (non-hydrogen) atoms. The third-order valence-corrected chi connectivity index (χ3v) is 12.7. The molecule has 3 aliphatic rings. The van der Waals surface area contributed by atoms with Crippen molar-refractivity contribution in [2.75, 3.05) is 13.7 Å². The van der Waals surface area contributed by atoms with Gasteiger partial charge in [-0.25, -0.2) is 0 Å². The van der Waals surface area contributed by atoms with Crippen molar-refractivity contribution in [3.05, 3.63) is 95.7 Å². The molecule has 5 heterocycles. The Bertz CT molecular complexity index is 2260. The predicted octanol–water partition coefficient (Wildman–Crippen LogP) is 8.09. The molecule has 8 bridgehead atoms. The second kappa shape index (κ2) is 20.0. The molecule has 3 aromatic rings. The van der Waals surface area contributed by atoms with Gasteiger partial charge >= 0.3 is 35.0 Å². The molecule has 0 radical (unpaired) electrons. The van der Waals surface area contributed by atoms with E-state index >= 15 is 0 Å². The second-order valence-electron chi connectivity index (χ2n) is 17.1. The third kappa shape index (κ3) is 9.64. The smallest absolute Gasteiger partial charge is 0.664 e. The molecule has 1 aliphatic carbocycles. The fourth-order valence-electron chi connectivity index (χ4n) is 9.15. The van der Waals surface area contributed by atoms with Gasteiger partial charge in [-0.05, 0) is 76.5 Å². The zero-order valence-electron chi connectivity index (χ0n) is 37.1. The number of nitrogens with zero attached hydrogens (tertiary/aromatic N) is 4. The minimum atomic E-state index is -1.20. The van der Waals surface area contributed by atoms with Crippen molar-refractivity contribution in [3.63, 3.8) is 0 Å². The molecule has 0 saturated carbocycles. The van der Waals surface area contributed by atoms with Crippen LogP contribution in [-0.4, -0.2) is 54.5 Å². The first-order chi connectivity index (χ1) is 27.8. The number of aromatic nitrogens is 3. The van der Waals surface area contributed by atoms with Gasteiger partial charge in [0, 0.05) is 12.0 Å². The van der Waals surface area contributed by atoms with Gasteiger partial charge < -0.3 is 29.7 Å². The molecule has 2 aliphatic heterocycles. The number of Topliss-reactive ketones (excluding diaryl/α,β-unsaturated/α-hetero) is 1. The molecule has 1 saturated heterocycles. The number of ether oxygens (including phenoxy) is 2. The van der Waals surface area contributed by atoms with Gasteiger partial charge in [-0.1, -0.05) is 131 Å². The largest absolute Gasteiger partial charge is 2.00 e.